The van der Waals surface area contributed by atoms with E-state index in [2.05, 4.69) is 4.72 Å². The molecule has 1 aliphatic rings. The molecule has 18 heavy (non-hydrogen) atoms. The molecule has 7 heteroatoms. The maximum atomic E-state index is 11.8. The minimum Gasteiger partial charge on any atom is -0.481 e. The highest BCUT2D eigenvalue weighted by Crippen LogP contribution is 2.38. The lowest BCUT2D eigenvalue weighted by atomic mass is 9.85. The van der Waals surface area contributed by atoms with Crippen LogP contribution in [0.1, 0.15) is 33.1 Å². The highest BCUT2D eigenvalue weighted by Gasteiger charge is 2.46. The van der Waals surface area contributed by atoms with E-state index >= 15 is 0 Å². The minimum absolute atomic E-state index is 0.127. The molecule has 6 nitrogen and oxygen atoms in total. The topological polar surface area (TPSA) is 92.7 Å². The molecule has 106 valence electrons. The van der Waals surface area contributed by atoms with Crippen LogP contribution < -0.4 is 4.72 Å². The third kappa shape index (κ3) is 3.66. The van der Waals surface area contributed by atoms with Crippen LogP contribution in [0.25, 0.3) is 0 Å². The SMILES string of the molecule is CCOCCS(=O)(=O)NC1CCCC1(C)C(=O)O. The predicted molar refractivity (Wildman–Crippen MR) is 66.8 cm³/mol. The van der Waals surface area contributed by atoms with Crippen LogP contribution in [0.4, 0.5) is 0 Å². The van der Waals surface area contributed by atoms with Crippen molar-refractivity contribution in [1.29, 1.82) is 0 Å². The zero-order valence-electron chi connectivity index (χ0n) is 10.8. The molecule has 2 unspecified atom stereocenters. The Labute approximate surface area is 108 Å². The number of nitrogens with one attached hydrogen (secondary N) is 1. The standard InChI is InChI=1S/C11H21NO5S/c1-3-17-7-8-18(15,16)12-9-5-4-6-11(9,2)10(13)14/h9,12H,3-8H2,1-2H3,(H,13,14). The normalized spacial score (nSPS) is 28.4. The molecule has 2 atom stereocenters. The van der Waals surface area contributed by atoms with Gasteiger partial charge in [0.25, 0.3) is 0 Å². The lowest BCUT2D eigenvalue weighted by molar-refractivity contribution is -0.148. The van der Waals surface area contributed by atoms with Crippen molar-refractivity contribution in [3.05, 3.63) is 0 Å². The van der Waals surface area contributed by atoms with E-state index in [0.717, 1.165) is 6.42 Å². The summed E-state index contributed by atoms with van der Waals surface area (Å²) in [4.78, 5) is 11.2. The fourth-order valence-corrected chi connectivity index (χ4v) is 3.47. The van der Waals surface area contributed by atoms with Gasteiger partial charge >= 0.3 is 5.97 Å². The van der Waals surface area contributed by atoms with Crippen LogP contribution in [-0.4, -0.2) is 44.5 Å². The molecule has 1 rings (SSSR count). The van der Waals surface area contributed by atoms with Crippen LogP contribution in [0.15, 0.2) is 0 Å². The molecule has 0 aliphatic heterocycles. The monoisotopic (exact) mass is 279 g/mol. The second-order valence-corrected chi connectivity index (χ2v) is 6.67. The maximum Gasteiger partial charge on any atom is 0.310 e. The van der Waals surface area contributed by atoms with Crippen LogP contribution in [0.3, 0.4) is 0 Å². The average molecular weight is 279 g/mol. The van der Waals surface area contributed by atoms with Gasteiger partial charge in [0, 0.05) is 12.6 Å². The largest absolute Gasteiger partial charge is 0.481 e. The van der Waals surface area contributed by atoms with Gasteiger partial charge in [-0.1, -0.05) is 6.42 Å². The van der Waals surface area contributed by atoms with Crippen LogP contribution in [0.5, 0.6) is 0 Å². The molecular weight excluding hydrogens is 258 g/mol. The van der Waals surface area contributed by atoms with Gasteiger partial charge in [0.05, 0.1) is 17.8 Å². The van der Waals surface area contributed by atoms with Gasteiger partial charge in [-0.2, -0.15) is 0 Å². The Morgan fingerprint density at radius 1 is 1.56 bits per heavy atom. The molecule has 0 aromatic rings. The molecule has 1 aliphatic carbocycles. The number of carbonyl (C=O) groups is 1. The van der Waals surface area contributed by atoms with E-state index in [1.807, 2.05) is 0 Å². The van der Waals surface area contributed by atoms with Crippen molar-refractivity contribution in [2.45, 2.75) is 39.2 Å². The fourth-order valence-electron chi connectivity index (χ4n) is 2.20. The summed E-state index contributed by atoms with van der Waals surface area (Å²) < 4.78 is 31.1. The Kier molecular flexibility index (Phi) is 5.12. The first-order valence-corrected chi connectivity index (χ1v) is 7.78. The van der Waals surface area contributed by atoms with Crippen molar-refractivity contribution in [2.75, 3.05) is 19.0 Å². The van der Waals surface area contributed by atoms with Crippen molar-refractivity contribution in [3.63, 3.8) is 0 Å². The van der Waals surface area contributed by atoms with Crippen molar-refractivity contribution in [2.24, 2.45) is 5.41 Å². The molecule has 0 radical (unpaired) electrons. The third-order valence-electron chi connectivity index (χ3n) is 3.47. The van der Waals surface area contributed by atoms with Crippen molar-refractivity contribution in [1.82, 2.24) is 4.72 Å². The molecule has 1 fully saturated rings. The number of hydrogen-bond donors (Lipinski definition) is 2. The summed E-state index contributed by atoms with van der Waals surface area (Å²) in [5.41, 5.74) is -1.00. The van der Waals surface area contributed by atoms with E-state index in [0.29, 0.717) is 19.4 Å². The highest BCUT2D eigenvalue weighted by molar-refractivity contribution is 7.89. The molecule has 0 amide bonds. The quantitative estimate of drug-likeness (QED) is 0.665. The predicted octanol–water partition coefficient (Wildman–Crippen LogP) is 0.586. The van der Waals surface area contributed by atoms with Gasteiger partial charge in [-0.3, -0.25) is 4.79 Å². The molecule has 0 aromatic heterocycles. The van der Waals surface area contributed by atoms with Crippen LogP contribution in [0, 0.1) is 5.41 Å². The molecule has 0 spiro atoms. The Morgan fingerprint density at radius 3 is 2.78 bits per heavy atom. The zero-order valence-corrected chi connectivity index (χ0v) is 11.6. The minimum atomic E-state index is -3.48. The van der Waals surface area contributed by atoms with Crippen molar-refractivity contribution in [3.8, 4) is 0 Å². The smallest absolute Gasteiger partial charge is 0.310 e. The number of carboxylic acids is 1. The summed E-state index contributed by atoms with van der Waals surface area (Å²) >= 11 is 0. The molecule has 2 N–H and O–H groups in total. The van der Waals surface area contributed by atoms with Crippen molar-refractivity contribution < 1.29 is 23.1 Å². The zero-order chi connectivity index (χ0) is 13.8. The van der Waals surface area contributed by atoms with Gasteiger partial charge in [-0.15, -0.1) is 0 Å². The first-order valence-electron chi connectivity index (χ1n) is 6.13. The van der Waals surface area contributed by atoms with E-state index in [4.69, 9.17) is 4.74 Å². The fraction of sp³-hybridized carbons (Fsp3) is 0.909. The van der Waals surface area contributed by atoms with Gasteiger partial charge in [0.2, 0.25) is 10.0 Å². The summed E-state index contributed by atoms with van der Waals surface area (Å²) in [7, 11) is -3.48. The third-order valence-corrected chi connectivity index (χ3v) is 4.82. The summed E-state index contributed by atoms with van der Waals surface area (Å²) in [6.45, 7) is 3.98. The second-order valence-electron chi connectivity index (χ2n) is 4.80. The summed E-state index contributed by atoms with van der Waals surface area (Å²) in [5, 5.41) is 9.19. The molecule has 0 bridgehead atoms. The number of hydrogen-bond acceptors (Lipinski definition) is 4. The average Bonchev–Trinajstić information content (AvgIpc) is 2.61. The lowest BCUT2D eigenvalue weighted by Crippen LogP contribution is -2.47. The molecule has 1 saturated carbocycles. The molecule has 0 saturated heterocycles. The molecule has 0 aromatic carbocycles. The number of rotatable bonds is 7. The Morgan fingerprint density at radius 2 is 2.22 bits per heavy atom. The Bertz CT molecular complexity index is 394. The summed E-state index contributed by atoms with van der Waals surface area (Å²) in [6.07, 6.45) is 1.79. The van der Waals surface area contributed by atoms with Crippen molar-refractivity contribution >= 4 is 16.0 Å². The Hall–Kier alpha value is -0.660. The van der Waals surface area contributed by atoms with E-state index < -0.39 is 27.4 Å². The summed E-state index contributed by atoms with van der Waals surface area (Å²) in [5.74, 6) is -1.08. The highest BCUT2D eigenvalue weighted by atomic mass is 32.2. The summed E-state index contributed by atoms with van der Waals surface area (Å²) in [6, 6.07) is -0.526. The lowest BCUT2D eigenvalue weighted by Gasteiger charge is -2.27. The van der Waals surface area contributed by atoms with E-state index in [1.165, 1.54) is 0 Å². The number of carboxylic acid groups (broad SMARTS) is 1. The Balaban J connectivity index is 2.63. The molecule has 0 heterocycles. The van der Waals surface area contributed by atoms with Gasteiger partial charge in [-0.25, -0.2) is 13.1 Å². The maximum absolute atomic E-state index is 11.8. The van der Waals surface area contributed by atoms with E-state index in [-0.39, 0.29) is 12.4 Å². The first kappa shape index (κ1) is 15.4. The number of sulfonamides is 1. The van der Waals surface area contributed by atoms with Crippen LogP contribution in [-0.2, 0) is 19.6 Å². The van der Waals surface area contributed by atoms with E-state index in [1.54, 1.807) is 13.8 Å². The van der Waals surface area contributed by atoms with Gasteiger partial charge in [0.15, 0.2) is 0 Å². The van der Waals surface area contributed by atoms with Crippen LogP contribution in [0.2, 0.25) is 0 Å². The number of aliphatic carboxylic acids is 1. The van der Waals surface area contributed by atoms with Gasteiger partial charge in [-0.05, 0) is 26.7 Å². The van der Waals surface area contributed by atoms with Gasteiger partial charge in [0.1, 0.15) is 0 Å². The van der Waals surface area contributed by atoms with E-state index in [9.17, 15) is 18.3 Å². The number of ether oxygens (including phenoxy) is 1. The van der Waals surface area contributed by atoms with Crippen LogP contribution >= 0.6 is 0 Å². The first-order chi connectivity index (χ1) is 8.32. The van der Waals surface area contributed by atoms with Gasteiger partial charge < -0.3 is 9.84 Å². The molecular formula is C11H21NO5S. The second kappa shape index (κ2) is 5.99.